The first-order valence-corrected chi connectivity index (χ1v) is 11.5. The summed E-state index contributed by atoms with van der Waals surface area (Å²) in [6.45, 7) is 2.12. The molecule has 35 heavy (non-hydrogen) atoms. The third kappa shape index (κ3) is 6.58. The summed E-state index contributed by atoms with van der Waals surface area (Å²) >= 11 is 0. The van der Waals surface area contributed by atoms with E-state index in [1.165, 1.54) is 12.1 Å². The summed E-state index contributed by atoms with van der Waals surface area (Å²) in [4.78, 5) is 16.9. The second kappa shape index (κ2) is 12.0. The zero-order chi connectivity index (χ0) is 24.5. The number of nitrogens with zero attached hydrogens (tertiary/aromatic N) is 2. The fourth-order valence-electron chi connectivity index (χ4n) is 3.57. The predicted molar refractivity (Wildman–Crippen MR) is 132 cm³/mol. The van der Waals surface area contributed by atoms with E-state index in [4.69, 9.17) is 14.2 Å². The first-order valence-electron chi connectivity index (χ1n) is 11.5. The number of methoxy groups -OCH3 is 1. The Hall–Kier alpha value is -3.91. The Labute approximate surface area is 203 Å². The molecule has 3 aromatic carbocycles. The number of fused-ring (bicyclic) bond motifs is 1. The van der Waals surface area contributed by atoms with Gasteiger partial charge in [0.25, 0.3) is 5.91 Å². The van der Waals surface area contributed by atoms with E-state index in [1.807, 2.05) is 34.9 Å². The minimum Gasteiger partial charge on any atom is -0.493 e. The van der Waals surface area contributed by atoms with Crippen LogP contribution in [0.3, 0.4) is 0 Å². The topological polar surface area (TPSA) is 74.6 Å². The van der Waals surface area contributed by atoms with Crippen LogP contribution in [-0.4, -0.2) is 48.9 Å². The SMILES string of the molecule is COCCCNC(=O)c1ccc2c(c1)ncn2-c1cccc(OCCCOc2ccc(F)cc2)c1. The van der Waals surface area contributed by atoms with Gasteiger partial charge in [-0.3, -0.25) is 9.36 Å². The van der Waals surface area contributed by atoms with Crippen molar-refractivity contribution >= 4 is 16.9 Å². The van der Waals surface area contributed by atoms with E-state index in [2.05, 4.69) is 10.3 Å². The fourth-order valence-corrected chi connectivity index (χ4v) is 3.57. The zero-order valence-electron chi connectivity index (χ0n) is 19.6. The molecule has 0 aliphatic heterocycles. The third-order valence-corrected chi connectivity index (χ3v) is 5.36. The van der Waals surface area contributed by atoms with Crippen LogP contribution >= 0.6 is 0 Å². The Morgan fingerprint density at radius 2 is 1.74 bits per heavy atom. The molecule has 0 saturated carbocycles. The van der Waals surface area contributed by atoms with Crippen molar-refractivity contribution in [3.63, 3.8) is 0 Å². The second-order valence-electron chi connectivity index (χ2n) is 7.92. The average molecular weight is 478 g/mol. The Morgan fingerprint density at radius 3 is 2.54 bits per heavy atom. The number of ether oxygens (including phenoxy) is 3. The van der Waals surface area contributed by atoms with Crippen LogP contribution in [0.1, 0.15) is 23.2 Å². The van der Waals surface area contributed by atoms with Crippen molar-refractivity contribution < 1.29 is 23.4 Å². The molecule has 0 spiro atoms. The number of nitrogens with one attached hydrogen (secondary N) is 1. The van der Waals surface area contributed by atoms with E-state index in [0.29, 0.717) is 44.1 Å². The van der Waals surface area contributed by atoms with Gasteiger partial charge in [-0.05, 0) is 61.0 Å². The molecule has 8 heteroatoms. The van der Waals surface area contributed by atoms with E-state index in [-0.39, 0.29) is 11.7 Å². The van der Waals surface area contributed by atoms with Crippen molar-refractivity contribution in [1.29, 1.82) is 0 Å². The molecule has 182 valence electrons. The van der Waals surface area contributed by atoms with Crippen LogP contribution in [0.2, 0.25) is 0 Å². The number of rotatable bonds is 12. The molecule has 1 aromatic heterocycles. The Balaban J connectivity index is 1.34. The van der Waals surface area contributed by atoms with Gasteiger partial charge in [-0.25, -0.2) is 9.37 Å². The lowest BCUT2D eigenvalue weighted by atomic mass is 10.2. The smallest absolute Gasteiger partial charge is 0.251 e. The molecular formula is C27H28FN3O4. The lowest BCUT2D eigenvalue weighted by Crippen LogP contribution is -2.25. The van der Waals surface area contributed by atoms with E-state index < -0.39 is 0 Å². The van der Waals surface area contributed by atoms with Crippen LogP contribution in [0.25, 0.3) is 16.7 Å². The number of halogens is 1. The molecule has 0 aliphatic rings. The molecule has 1 N–H and O–H groups in total. The molecule has 0 aliphatic carbocycles. The molecule has 0 saturated heterocycles. The van der Waals surface area contributed by atoms with Gasteiger partial charge in [0.2, 0.25) is 0 Å². The van der Waals surface area contributed by atoms with Crippen LogP contribution in [0, 0.1) is 5.82 Å². The first kappa shape index (κ1) is 24.2. The van der Waals surface area contributed by atoms with Gasteiger partial charge >= 0.3 is 0 Å². The highest BCUT2D eigenvalue weighted by Gasteiger charge is 2.10. The van der Waals surface area contributed by atoms with Crippen molar-refractivity contribution in [3.8, 4) is 17.2 Å². The minimum atomic E-state index is -0.286. The fraction of sp³-hybridized carbons (Fsp3) is 0.259. The number of carbonyl (C=O) groups excluding carboxylic acids is 1. The second-order valence-corrected chi connectivity index (χ2v) is 7.92. The normalized spacial score (nSPS) is 10.9. The third-order valence-electron chi connectivity index (χ3n) is 5.36. The van der Waals surface area contributed by atoms with Crippen LogP contribution in [0.4, 0.5) is 4.39 Å². The van der Waals surface area contributed by atoms with Crippen molar-refractivity contribution in [2.75, 3.05) is 33.5 Å². The lowest BCUT2D eigenvalue weighted by molar-refractivity contribution is 0.0948. The zero-order valence-corrected chi connectivity index (χ0v) is 19.6. The molecule has 1 heterocycles. The Kier molecular flexibility index (Phi) is 8.30. The number of benzene rings is 3. The monoisotopic (exact) mass is 477 g/mol. The number of amides is 1. The van der Waals surface area contributed by atoms with Gasteiger partial charge in [-0.1, -0.05) is 6.07 Å². The summed E-state index contributed by atoms with van der Waals surface area (Å²) in [6, 6.07) is 19.2. The molecule has 4 aromatic rings. The molecule has 0 radical (unpaired) electrons. The molecule has 0 bridgehead atoms. The van der Waals surface area contributed by atoms with E-state index in [1.54, 1.807) is 37.7 Å². The van der Waals surface area contributed by atoms with Gasteiger partial charge in [0.15, 0.2) is 0 Å². The highest BCUT2D eigenvalue weighted by atomic mass is 19.1. The largest absolute Gasteiger partial charge is 0.493 e. The Morgan fingerprint density at radius 1 is 0.943 bits per heavy atom. The highest BCUT2D eigenvalue weighted by molar-refractivity contribution is 5.97. The molecule has 7 nitrogen and oxygen atoms in total. The maximum atomic E-state index is 12.9. The highest BCUT2D eigenvalue weighted by Crippen LogP contribution is 2.23. The minimum absolute atomic E-state index is 0.128. The first-order chi connectivity index (χ1) is 17.1. The molecule has 0 unspecified atom stereocenters. The van der Waals surface area contributed by atoms with Crippen LogP contribution in [0.5, 0.6) is 11.5 Å². The number of hydrogen-bond acceptors (Lipinski definition) is 5. The van der Waals surface area contributed by atoms with Crippen molar-refractivity contribution in [2.24, 2.45) is 0 Å². The number of aromatic nitrogens is 2. The van der Waals surface area contributed by atoms with Gasteiger partial charge in [-0.15, -0.1) is 0 Å². The molecule has 1 amide bonds. The van der Waals surface area contributed by atoms with Crippen LogP contribution in [-0.2, 0) is 4.74 Å². The number of imidazole rings is 1. The van der Waals surface area contributed by atoms with Crippen LogP contribution in [0.15, 0.2) is 73.1 Å². The maximum absolute atomic E-state index is 12.9. The van der Waals surface area contributed by atoms with Crippen molar-refractivity contribution in [3.05, 3.63) is 84.4 Å². The summed E-state index contributed by atoms with van der Waals surface area (Å²) in [6.07, 6.45) is 3.19. The van der Waals surface area contributed by atoms with Gasteiger partial charge < -0.3 is 19.5 Å². The van der Waals surface area contributed by atoms with Gasteiger partial charge in [-0.2, -0.15) is 0 Å². The molecular weight excluding hydrogens is 449 g/mol. The standard InChI is InChI=1S/C27H28FN3O4/c1-33-14-3-13-29-27(32)20-7-12-26-25(17-20)30-19-31(26)22-5-2-6-24(18-22)35-16-4-15-34-23-10-8-21(28)9-11-23/h2,5-12,17-19H,3-4,13-16H2,1H3,(H,29,32). The van der Waals surface area contributed by atoms with E-state index >= 15 is 0 Å². The molecule has 4 rings (SSSR count). The van der Waals surface area contributed by atoms with Gasteiger partial charge in [0.05, 0.1) is 29.9 Å². The van der Waals surface area contributed by atoms with Crippen LogP contribution < -0.4 is 14.8 Å². The Bertz CT molecular complexity index is 1260. The summed E-state index contributed by atoms with van der Waals surface area (Å²) in [5, 5.41) is 2.89. The van der Waals surface area contributed by atoms with Gasteiger partial charge in [0, 0.05) is 38.3 Å². The molecule has 0 fully saturated rings. The van der Waals surface area contributed by atoms with E-state index in [0.717, 1.165) is 28.9 Å². The van der Waals surface area contributed by atoms with Crippen molar-refractivity contribution in [2.45, 2.75) is 12.8 Å². The summed E-state index contributed by atoms with van der Waals surface area (Å²) in [5.41, 5.74) is 3.11. The van der Waals surface area contributed by atoms with Gasteiger partial charge in [0.1, 0.15) is 23.6 Å². The predicted octanol–water partition coefficient (Wildman–Crippen LogP) is 4.78. The number of hydrogen-bond donors (Lipinski definition) is 1. The lowest BCUT2D eigenvalue weighted by Gasteiger charge is -2.10. The quantitative estimate of drug-likeness (QED) is 0.297. The number of carbonyl (C=O) groups is 1. The summed E-state index contributed by atoms with van der Waals surface area (Å²) < 4.78 is 31.4. The summed E-state index contributed by atoms with van der Waals surface area (Å²) in [7, 11) is 1.64. The summed E-state index contributed by atoms with van der Waals surface area (Å²) in [5.74, 6) is 0.951. The van der Waals surface area contributed by atoms with E-state index in [9.17, 15) is 9.18 Å². The maximum Gasteiger partial charge on any atom is 0.251 e. The molecule has 0 atom stereocenters. The van der Waals surface area contributed by atoms with Crippen molar-refractivity contribution in [1.82, 2.24) is 14.9 Å². The average Bonchev–Trinajstić information content (AvgIpc) is 3.31.